The predicted octanol–water partition coefficient (Wildman–Crippen LogP) is 5.52. The van der Waals surface area contributed by atoms with Gasteiger partial charge in [-0.3, -0.25) is 0 Å². The van der Waals surface area contributed by atoms with Crippen LogP contribution in [0.5, 0.6) is 0 Å². The van der Waals surface area contributed by atoms with Gasteiger partial charge in [0.05, 0.1) is 11.9 Å². The zero-order valence-electron chi connectivity index (χ0n) is 18.6. The van der Waals surface area contributed by atoms with Crippen molar-refractivity contribution in [2.45, 2.75) is 54.5 Å². The number of hydrogen-bond acceptors (Lipinski definition) is 4. The number of aromatic nitrogens is 3. The summed E-state index contributed by atoms with van der Waals surface area (Å²) in [5, 5.41) is 10.9. The molecule has 1 fully saturated rings. The first-order valence-corrected chi connectivity index (χ1v) is 12.2. The fourth-order valence-corrected chi connectivity index (χ4v) is 5.58. The van der Waals surface area contributed by atoms with Gasteiger partial charge >= 0.3 is 6.03 Å². The highest BCUT2D eigenvalue weighted by atomic mass is 32.2. The molecule has 7 heteroatoms. The van der Waals surface area contributed by atoms with E-state index in [-0.39, 0.29) is 12.1 Å². The summed E-state index contributed by atoms with van der Waals surface area (Å²) in [6, 6.07) is 20.0. The van der Waals surface area contributed by atoms with Gasteiger partial charge in [-0.15, -0.1) is 0 Å². The van der Waals surface area contributed by atoms with Gasteiger partial charge in [-0.2, -0.15) is 5.10 Å². The summed E-state index contributed by atoms with van der Waals surface area (Å²) in [7, 11) is 0. The van der Waals surface area contributed by atoms with Crippen LogP contribution in [0.3, 0.4) is 0 Å². The Labute approximate surface area is 197 Å². The maximum atomic E-state index is 13.1. The zero-order valence-corrected chi connectivity index (χ0v) is 19.4. The van der Waals surface area contributed by atoms with Crippen molar-refractivity contribution >= 4 is 23.4 Å². The molecule has 0 saturated heterocycles. The topological polar surface area (TPSA) is 71.3 Å². The molecule has 2 heterocycles. The Bertz CT molecular complexity index is 1250. The molecule has 4 aromatic rings. The lowest BCUT2D eigenvalue weighted by Gasteiger charge is -2.24. The number of nitrogens with one attached hydrogen (secondary N) is 2. The third-order valence-electron chi connectivity index (χ3n) is 6.11. The number of rotatable bonds is 6. The Morgan fingerprint density at radius 3 is 2.70 bits per heavy atom. The number of imidazole rings is 1. The maximum Gasteiger partial charge on any atom is 0.315 e. The molecule has 168 valence electrons. The molecule has 1 unspecified atom stereocenters. The fourth-order valence-electron chi connectivity index (χ4n) is 4.49. The van der Waals surface area contributed by atoms with Crippen LogP contribution in [0.1, 0.15) is 48.5 Å². The van der Waals surface area contributed by atoms with Gasteiger partial charge in [-0.25, -0.2) is 14.3 Å². The van der Waals surface area contributed by atoms with Crippen molar-refractivity contribution < 1.29 is 4.79 Å². The van der Waals surface area contributed by atoms with Crippen LogP contribution in [0, 0.1) is 6.92 Å². The first-order chi connectivity index (χ1) is 16.2. The van der Waals surface area contributed by atoms with E-state index < -0.39 is 6.04 Å². The van der Waals surface area contributed by atoms with Crippen LogP contribution in [-0.4, -0.2) is 26.7 Å². The number of carbonyl (C=O) groups excluding carboxylic acids is 1. The van der Waals surface area contributed by atoms with Crippen molar-refractivity contribution in [2.75, 3.05) is 0 Å². The molecule has 2 amide bonds. The van der Waals surface area contributed by atoms with Crippen LogP contribution in [0.2, 0.25) is 0 Å². The van der Waals surface area contributed by atoms with E-state index >= 15 is 0 Å². The molecular formula is C26H27N5OS. The summed E-state index contributed by atoms with van der Waals surface area (Å²) >= 11 is 1.70. The summed E-state index contributed by atoms with van der Waals surface area (Å²) < 4.78 is 1.81. The van der Waals surface area contributed by atoms with Crippen LogP contribution in [0.4, 0.5) is 4.79 Å². The molecule has 5 rings (SSSR count). The lowest BCUT2D eigenvalue weighted by molar-refractivity contribution is 0.234. The van der Waals surface area contributed by atoms with E-state index in [9.17, 15) is 4.79 Å². The fraction of sp³-hybridized carbons (Fsp3) is 0.269. The summed E-state index contributed by atoms with van der Waals surface area (Å²) in [6.07, 6.45) is 7.96. The number of benzene rings is 2. The minimum Gasteiger partial charge on any atom is -0.335 e. The van der Waals surface area contributed by atoms with Crippen LogP contribution in [0.25, 0.3) is 5.65 Å². The Hall–Kier alpha value is -3.32. The van der Waals surface area contributed by atoms with E-state index in [1.54, 1.807) is 18.0 Å². The molecule has 1 aliphatic rings. The van der Waals surface area contributed by atoms with Gasteiger partial charge < -0.3 is 10.6 Å². The number of carbonyl (C=O) groups is 1. The van der Waals surface area contributed by atoms with Crippen molar-refractivity contribution in [3.05, 3.63) is 89.9 Å². The minimum atomic E-state index is -0.399. The lowest BCUT2D eigenvalue weighted by atomic mass is 9.99. The molecule has 1 atom stereocenters. The van der Waals surface area contributed by atoms with Gasteiger partial charge in [0.2, 0.25) is 0 Å². The third-order valence-corrected chi connectivity index (χ3v) is 7.19. The third kappa shape index (κ3) is 4.73. The molecule has 2 N–H and O–H groups in total. The first-order valence-electron chi connectivity index (χ1n) is 11.4. The number of hydrogen-bond donors (Lipinski definition) is 2. The van der Waals surface area contributed by atoms with Gasteiger partial charge in [-0.1, -0.05) is 54.9 Å². The molecule has 0 spiro atoms. The predicted molar refractivity (Wildman–Crippen MR) is 130 cm³/mol. The van der Waals surface area contributed by atoms with Crippen LogP contribution in [0.15, 0.2) is 82.8 Å². The van der Waals surface area contributed by atoms with Crippen LogP contribution >= 0.6 is 11.8 Å². The lowest BCUT2D eigenvalue weighted by Crippen LogP contribution is -2.43. The highest BCUT2D eigenvalue weighted by Gasteiger charge is 2.27. The van der Waals surface area contributed by atoms with Gasteiger partial charge in [0, 0.05) is 22.0 Å². The molecule has 2 aromatic heterocycles. The quantitative estimate of drug-likeness (QED) is 0.400. The van der Waals surface area contributed by atoms with E-state index in [4.69, 9.17) is 0 Å². The Morgan fingerprint density at radius 1 is 1.06 bits per heavy atom. The van der Waals surface area contributed by atoms with E-state index in [2.05, 4.69) is 58.0 Å². The number of nitrogens with zero attached hydrogens (tertiary/aromatic N) is 3. The van der Waals surface area contributed by atoms with Gasteiger partial charge in [0.15, 0.2) is 5.65 Å². The van der Waals surface area contributed by atoms with Gasteiger partial charge in [-0.05, 0) is 61.2 Å². The number of amides is 2. The normalized spacial score (nSPS) is 14.9. The van der Waals surface area contributed by atoms with Crippen molar-refractivity contribution in [3.8, 4) is 0 Å². The van der Waals surface area contributed by atoms with E-state index in [0.717, 1.165) is 45.1 Å². The molecule has 1 saturated carbocycles. The minimum absolute atomic E-state index is 0.156. The number of fused-ring (bicyclic) bond motifs is 1. The maximum absolute atomic E-state index is 13.1. The van der Waals surface area contributed by atoms with E-state index in [0.29, 0.717) is 0 Å². The highest BCUT2D eigenvalue weighted by molar-refractivity contribution is 7.99. The Kier molecular flexibility index (Phi) is 6.30. The summed E-state index contributed by atoms with van der Waals surface area (Å²) in [5.74, 6) is 0. The smallest absolute Gasteiger partial charge is 0.315 e. The SMILES string of the molecule is Cc1cccc(Sc2ccccc2)c1C(NC(=O)NC1CCCC1)c1cnc2cccnn12. The summed E-state index contributed by atoms with van der Waals surface area (Å²) in [6.45, 7) is 2.09. The van der Waals surface area contributed by atoms with Crippen LogP contribution in [-0.2, 0) is 0 Å². The molecule has 6 nitrogen and oxygen atoms in total. The second kappa shape index (κ2) is 9.67. The Balaban J connectivity index is 1.56. The first kappa shape index (κ1) is 21.5. The Morgan fingerprint density at radius 2 is 1.88 bits per heavy atom. The summed E-state index contributed by atoms with van der Waals surface area (Å²) in [4.78, 5) is 19.9. The van der Waals surface area contributed by atoms with E-state index in [1.807, 2.05) is 41.0 Å². The second-order valence-corrected chi connectivity index (χ2v) is 9.53. The van der Waals surface area contributed by atoms with Gasteiger partial charge in [0.25, 0.3) is 0 Å². The molecule has 0 bridgehead atoms. The largest absolute Gasteiger partial charge is 0.335 e. The monoisotopic (exact) mass is 457 g/mol. The number of aryl methyl sites for hydroxylation is 1. The summed E-state index contributed by atoms with van der Waals surface area (Å²) in [5.41, 5.74) is 3.74. The van der Waals surface area contributed by atoms with Crippen LogP contribution < -0.4 is 10.6 Å². The van der Waals surface area contributed by atoms with Crippen molar-refractivity contribution in [1.82, 2.24) is 25.2 Å². The van der Waals surface area contributed by atoms with Crippen molar-refractivity contribution in [1.29, 1.82) is 0 Å². The average Bonchev–Trinajstić information content (AvgIpc) is 3.49. The second-order valence-electron chi connectivity index (χ2n) is 8.41. The van der Waals surface area contributed by atoms with Crippen molar-refractivity contribution in [3.63, 3.8) is 0 Å². The van der Waals surface area contributed by atoms with E-state index in [1.165, 1.54) is 12.8 Å². The molecule has 2 aromatic carbocycles. The highest BCUT2D eigenvalue weighted by Crippen LogP contribution is 2.37. The molecule has 1 aliphatic carbocycles. The molecular weight excluding hydrogens is 430 g/mol. The zero-order chi connectivity index (χ0) is 22.6. The standard InChI is InChI=1S/C26H27N5OS/c1-18-9-7-14-22(33-20-12-3-2-4-13-20)24(18)25(30-26(32)29-19-10-5-6-11-19)21-17-27-23-15-8-16-28-31(21)23/h2-4,7-9,12-17,19,25H,5-6,10-11H2,1H3,(H2,29,30,32). The van der Waals surface area contributed by atoms with Crippen molar-refractivity contribution in [2.24, 2.45) is 0 Å². The molecule has 0 radical (unpaired) electrons. The van der Waals surface area contributed by atoms with Gasteiger partial charge in [0.1, 0.15) is 6.04 Å². The molecule has 33 heavy (non-hydrogen) atoms. The molecule has 0 aliphatic heterocycles. The average molecular weight is 458 g/mol. The number of urea groups is 1.